The van der Waals surface area contributed by atoms with Crippen molar-refractivity contribution in [1.29, 1.82) is 0 Å². The Morgan fingerprint density at radius 1 is 1.25 bits per heavy atom. The number of hydrogen-bond acceptors (Lipinski definition) is 2. The van der Waals surface area contributed by atoms with Crippen molar-refractivity contribution in [2.24, 2.45) is 0 Å². The van der Waals surface area contributed by atoms with Gasteiger partial charge in [-0.05, 0) is 41.3 Å². The third-order valence-electron chi connectivity index (χ3n) is 3.45. The highest BCUT2D eigenvalue weighted by atomic mass is 16.1. The summed E-state index contributed by atoms with van der Waals surface area (Å²) in [7, 11) is 0. The minimum Gasteiger partial charge on any atom is -0.398 e. The first-order chi connectivity index (χ1) is 7.68. The molecule has 0 heterocycles. The number of hydrogen-bond donors (Lipinski definition) is 1. The van der Waals surface area contributed by atoms with Crippen LogP contribution >= 0.6 is 0 Å². The van der Waals surface area contributed by atoms with Gasteiger partial charge in [-0.15, -0.1) is 0 Å². The van der Waals surface area contributed by atoms with E-state index < -0.39 is 0 Å². The number of nitrogens with two attached hydrogens (primary N) is 1. The largest absolute Gasteiger partial charge is 0.398 e. The van der Waals surface area contributed by atoms with Crippen LogP contribution in [0.5, 0.6) is 0 Å². The van der Waals surface area contributed by atoms with Gasteiger partial charge < -0.3 is 5.73 Å². The van der Waals surface area contributed by atoms with Gasteiger partial charge in [0.15, 0.2) is 5.78 Å². The predicted molar refractivity (Wildman–Crippen MR) is 65.7 cm³/mol. The first-order valence-electron chi connectivity index (χ1n) is 5.52. The van der Waals surface area contributed by atoms with E-state index in [0.29, 0.717) is 6.42 Å². The quantitative estimate of drug-likeness (QED) is 0.681. The van der Waals surface area contributed by atoms with Gasteiger partial charge in [-0.3, -0.25) is 4.79 Å². The van der Waals surface area contributed by atoms with E-state index in [1.165, 1.54) is 5.56 Å². The van der Waals surface area contributed by atoms with Crippen LogP contribution in [-0.2, 0) is 6.42 Å². The molecule has 0 fully saturated rings. The second kappa shape index (κ2) is 3.08. The van der Waals surface area contributed by atoms with E-state index in [1.54, 1.807) is 0 Å². The molecule has 2 heteroatoms. The molecular formula is C14H13NO. The number of carbonyl (C=O) groups is 1. The fourth-order valence-corrected chi connectivity index (χ4v) is 2.58. The molecule has 1 aliphatic rings. The molecule has 0 radical (unpaired) electrons. The molecule has 1 aliphatic carbocycles. The van der Waals surface area contributed by atoms with Crippen molar-refractivity contribution in [2.45, 2.75) is 19.8 Å². The monoisotopic (exact) mass is 211 g/mol. The average molecular weight is 211 g/mol. The molecule has 2 aromatic rings. The van der Waals surface area contributed by atoms with Gasteiger partial charge in [-0.25, -0.2) is 0 Å². The van der Waals surface area contributed by atoms with Gasteiger partial charge in [0.1, 0.15) is 0 Å². The molecule has 2 aromatic carbocycles. The van der Waals surface area contributed by atoms with Gasteiger partial charge in [0.2, 0.25) is 0 Å². The minimum absolute atomic E-state index is 0.230. The lowest BCUT2D eigenvalue weighted by atomic mass is 9.85. The van der Waals surface area contributed by atoms with E-state index in [0.717, 1.165) is 34.0 Å². The van der Waals surface area contributed by atoms with Gasteiger partial charge in [0.25, 0.3) is 0 Å². The van der Waals surface area contributed by atoms with Gasteiger partial charge in [-0.2, -0.15) is 0 Å². The summed E-state index contributed by atoms with van der Waals surface area (Å²) in [6, 6.07) is 8.13. The Balaban J connectivity index is 2.56. The van der Waals surface area contributed by atoms with Crippen LogP contribution in [-0.4, -0.2) is 5.78 Å². The van der Waals surface area contributed by atoms with E-state index in [4.69, 9.17) is 5.73 Å². The molecule has 3 rings (SSSR count). The Morgan fingerprint density at radius 3 is 2.88 bits per heavy atom. The van der Waals surface area contributed by atoms with E-state index in [-0.39, 0.29) is 5.78 Å². The number of ketones is 1. The van der Waals surface area contributed by atoms with Crippen molar-refractivity contribution < 1.29 is 4.79 Å². The Labute approximate surface area is 94.1 Å². The number of carbonyl (C=O) groups excluding carboxylic acids is 1. The highest BCUT2D eigenvalue weighted by Crippen LogP contribution is 2.34. The van der Waals surface area contributed by atoms with Crippen molar-refractivity contribution in [3.05, 3.63) is 41.0 Å². The molecule has 0 aromatic heterocycles. The summed E-state index contributed by atoms with van der Waals surface area (Å²) in [5, 5.41) is 2.20. The van der Waals surface area contributed by atoms with E-state index >= 15 is 0 Å². The molecule has 0 aliphatic heterocycles. The molecule has 0 unspecified atom stereocenters. The number of aryl methyl sites for hydroxylation is 1. The normalized spacial score (nSPS) is 14.4. The Bertz CT molecular complexity index is 614. The molecular weight excluding hydrogens is 198 g/mol. The average Bonchev–Trinajstić information content (AvgIpc) is 2.28. The minimum atomic E-state index is 0.230. The van der Waals surface area contributed by atoms with Gasteiger partial charge >= 0.3 is 0 Å². The maximum atomic E-state index is 12.0. The summed E-state index contributed by atoms with van der Waals surface area (Å²) in [5.74, 6) is 0.230. The molecule has 0 amide bonds. The lowest BCUT2D eigenvalue weighted by Gasteiger charge is -2.19. The fourth-order valence-electron chi connectivity index (χ4n) is 2.58. The zero-order valence-corrected chi connectivity index (χ0v) is 9.21. The van der Waals surface area contributed by atoms with E-state index in [2.05, 4.69) is 6.07 Å². The van der Waals surface area contributed by atoms with Crippen molar-refractivity contribution in [3.63, 3.8) is 0 Å². The standard InChI is InChI=1S/C14H13NO/c1-8-11(15)7-10-4-2-3-9-5-6-12(16)13(8)14(9)10/h2-4,7H,5-6,15H2,1H3. The molecule has 0 bridgehead atoms. The summed E-state index contributed by atoms with van der Waals surface area (Å²) in [4.78, 5) is 12.0. The van der Waals surface area contributed by atoms with Crippen molar-refractivity contribution in [1.82, 2.24) is 0 Å². The summed E-state index contributed by atoms with van der Waals surface area (Å²) < 4.78 is 0. The topological polar surface area (TPSA) is 43.1 Å². The van der Waals surface area contributed by atoms with Crippen LogP contribution in [0.3, 0.4) is 0 Å². The predicted octanol–water partition coefficient (Wildman–Crippen LogP) is 2.86. The Morgan fingerprint density at radius 2 is 2.06 bits per heavy atom. The highest BCUT2D eigenvalue weighted by Gasteiger charge is 2.21. The van der Waals surface area contributed by atoms with E-state index in [9.17, 15) is 4.79 Å². The van der Waals surface area contributed by atoms with Crippen molar-refractivity contribution in [3.8, 4) is 0 Å². The molecule has 0 saturated heterocycles. The number of Topliss-reactive ketones (excluding diaryl/α,β-unsaturated/α-hetero) is 1. The summed E-state index contributed by atoms with van der Waals surface area (Å²) >= 11 is 0. The molecule has 0 atom stereocenters. The van der Waals surface area contributed by atoms with Crippen LogP contribution in [0.2, 0.25) is 0 Å². The number of nitrogen functional groups attached to an aromatic ring is 1. The lowest BCUT2D eigenvalue weighted by Crippen LogP contribution is -2.12. The second-order valence-corrected chi connectivity index (χ2v) is 4.40. The van der Waals surface area contributed by atoms with Crippen LogP contribution in [0.15, 0.2) is 24.3 Å². The first kappa shape index (κ1) is 9.40. The maximum absolute atomic E-state index is 12.0. The van der Waals surface area contributed by atoms with Crippen LogP contribution in [0.1, 0.15) is 27.9 Å². The van der Waals surface area contributed by atoms with Gasteiger partial charge in [-0.1, -0.05) is 18.2 Å². The van der Waals surface area contributed by atoms with Gasteiger partial charge in [0, 0.05) is 17.7 Å². The van der Waals surface area contributed by atoms with Crippen molar-refractivity contribution >= 4 is 22.2 Å². The van der Waals surface area contributed by atoms with Crippen molar-refractivity contribution in [2.75, 3.05) is 5.73 Å². The fraction of sp³-hybridized carbons (Fsp3) is 0.214. The third kappa shape index (κ3) is 1.10. The molecule has 2 nitrogen and oxygen atoms in total. The smallest absolute Gasteiger partial charge is 0.164 e. The molecule has 0 spiro atoms. The summed E-state index contributed by atoms with van der Waals surface area (Å²) in [6.07, 6.45) is 1.46. The summed E-state index contributed by atoms with van der Waals surface area (Å²) in [5.41, 5.74) is 9.72. The van der Waals surface area contributed by atoms with E-state index in [1.807, 2.05) is 25.1 Å². The number of rotatable bonds is 0. The molecule has 2 N–H and O–H groups in total. The SMILES string of the molecule is Cc1c(N)cc2cccc3c2c1C(=O)CC3. The number of benzene rings is 2. The van der Waals surface area contributed by atoms with Crippen LogP contribution in [0, 0.1) is 6.92 Å². The molecule has 16 heavy (non-hydrogen) atoms. The second-order valence-electron chi connectivity index (χ2n) is 4.40. The number of anilines is 1. The third-order valence-corrected chi connectivity index (χ3v) is 3.45. The molecule has 80 valence electrons. The first-order valence-corrected chi connectivity index (χ1v) is 5.52. The zero-order chi connectivity index (χ0) is 11.3. The molecule has 0 saturated carbocycles. The Kier molecular flexibility index (Phi) is 1.81. The summed E-state index contributed by atoms with van der Waals surface area (Å²) in [6.45, 7) is 1.93. The van der Waals surface area contributed by atoms with Gasteiger partial charge in [0.05, 0.1) is 0 Å². The van der Waals surface area contributed by atoms with Crippen LogP contribution in [0.4, 0.5) is 5.69 Å². The zero-order valence-electron chi connectivity index (χ0n) is 9.21. The highest BCUT2D eigenvalue weighted by molar-refractivity contribution is 6.13. The van der Waals surface area contributed by atoms with Crippen LogP contribution in [0.25, 0.3) is 10.8 Å². The maximum Gasteiger partial charge on any atom is 0.164 e. The van der Waals surface area contributed by atoms with Crippen LogP contribution < -0.4 is 5.73 Å². The Hall–Kier alpha value is -1.83. The lowest BCUT2D eigenvalue weighted by molar-refractivity contribution is 0.0981.